The van der Waals surface area contributed by atoms with E-state index in [1.165, 1.54) is 16.4 Å². The number of hydrogen-bond donors (Lipinski definition) is 1. The molecule has 4 rings (SSSR count). The Labute approximate surface area is 217 Å². The largest absolute Gasteiger partial charge is 0.487 e. The van der Waals surface area contributed by atoms with Crippen molar-refractivity contribution in [3.05, 3.63) is 47.3 Å². The molecule has 2 aliphatic heterocycles. The van der Waals surface area contributed by atoms with E-state index in [0.717, 1.165) is 37.9 Å². The van der Waals surface area contributed by atoms with E-state index in [1.54, 1.807) is 6.92 Å². The van der Waals surface area contributed by atoms with Crippen LogP contribution >= 0.6 is 0 Å². The van der Waals surface area contributed by atoms with Crippen molar-refractivity contribution in [3.8, 4) is 5.75 Å². The molecule has 0 saturated carbocycles. The zero-order valence-electron chi connectivity index (χ0n) is 21.4. The Morgan fingerprint density at radius 3 is 2.16 bits per heavy atom. The maximum atomic E-state index is 14.9. The summed E-state index contributed by atoms with van der Waals surface area (Å²) in [6, 6.07) is 2.60. The van der Waals surface area contributed by atoms with Crippen molar-refractivity contribution in [3.63, 3.8) is 0 Å². The van der Waals surface area contributed by atoms with Gasteiger partial charge in [0.25, 0.3) is 0 Å². The fourth-order valence-electron chi connectivity index (χ4n) is 4.97. The number of sulfonamides is 1. The summed E-state index contributed by atoms with van der Waals surface area (Å²) in [5.74, 6) is -1.14. The third kappa shape index (κ3) is 6.38. The third-order valence-corrected chi connectivity index (χ3v) is 9.57. The van der Waals surface area contributed by atoms with E-state index in [1.807, 2.05) is 12.4 Å². The smallest absolute Gasteiger partial charge is 0.240 e. The first-order chi connectivity index (χ1) is 17.7. The number of aliphatic hydroxyl groups excluding tert-OH is 1. The number of benzene rings is 1. The minimum Gasteiger partial charge on any atom is -0.487 e. The molecular formula is C26H36F2N4O4S. The molecule has 8 nitrogen and oxygen atoms in total. The maximum Gasteiger partial charge on any atom is 0.240 e. The van der Waals surface area contributed by atoms with E-state index in [9.17, 15) is 22.3 Å². The molecule has 0 bridgehead atoms. The summed E-state index contributed by atoms with van der Waals surface area (Å²) >= 11 is 0. The summed E-state index contributed by atoms with van der Waals surface area (Å²) in [4.78, 5) is 11.0. The quantitative estimate of drug-likeness (QED) is 0.518. The van der Waals surface area contributed by atoms with Crippen molar-refractivity contribution in [2.24, 2.45) is 5.92 Å². The van der Waals surface area contributed by atoms with Gasteiger partial charge in [-0.2, -0.15) is 4.31 Å². The van der Waals surface area contributed by atoms with E-state index in [-0.39, 0.29) is 43.7 Å². The highest BCUT2D eigenvalue weighted by Gasteiger charge is 2.33. The number of ether oxygens (including phenoxy) is 1. The number of anilines is 1. The van der Waals surface area contributed by atoms with Gasteiger partial charge in [0.05, 0.1) is 6.61 Å². The Bertz CT molecular complexity index is 1130. The van der Waals surface area contributed by atoms with Crippen LogP contribution in [0, 0.1) is 17.6 Å². The van der Waals surface area contributed by atoms with Gasteiger partial charge in [0.1, 0.15) is 0 Å². The zero-order chi connectivity index (χ0) is 26.6. The summed E-state index contributed by atoms with van der Waals surface area (Å²) in [6.45, 7) is 5.82. The number of aromatic nitrogens is 2. The Balaban J connectivity index is 1.29. The van der Waals surface area contributed by atoms with E-state index in [4.69, 9.17) is 4.74 Å². The summed E-state index contributed by atoms with van der Waals surface area (Å²) in [5, 5.41) is 9.80. The summed E-state index contributed by atoms with van der Waals surface area (Å²) < 4.78 is 61.3. The summed E-state index contributed by atoms with van der Waals surface area (Å²) in [6.07, 6.45) is 7.17. The van der Waals surface area contributed by atoms with Gasteiger partial charge >= 0.3 is 0 Å². The minimum atomic E-state index is -3.77. The van der Waals surface area contributed by atoms with Crippen molar-refractivity contribution < 1.29 is 27.0 Å². The molecule has 3 heterocycles. The lowest BCUT2D eigenvalue weighted by Crippen LogP contribution is -2.43. The minimum absolute atomic E-state index is 0.112. The van der Waals surface area contributed by atoms with Gasteiger partial charge in [-0.05, 0) is 73.6 Å². The number of halogens is 2. The molecule has 0 radical (unpaired) electrons. The van der Waals surface area contributed by atoms with Crippen LogP contribution in [0.4, 0.5) is 14.7 Å². The number of hydrogen-bond acceptors (Lipinski definition) is 7. The molecule has 2 aromatic rings. The van der Waals surface area contributed by atoms with Crippen molar-refractivity contribution >= 4 is 16.0 Å². The SMILES string of the molecule is CCc1cnc(N2CCC(COc3c(F)cc(C4CCN(S(=O)(=O)C(O)CC)CC4)cc3F)CC2)nc1. The first kappa shape index (κ1) is 27.7. The van der Waals surface area contributed by atoms with Crippen molar-refractivity contribution in [1.82, 2.24) is 14.3 Å². The molecule has 37 heavy (non-hydrogen) atoms. The zero-order valence-corrected chi connectivity index (χ0v) is 22.3. The van der Waals surface area contributed by atoms with E-state index in [0.29, 0.717) is 24.4 Å². The monoisotopic (exact) mass is 538 g/mol. The average molecular weight is 539 g/mol. The number of piperidine rings is 2. The third-order valence-electron chi connectivity index (χ3n) is 7.46. The molecule has 204 valence electrons. The molecule has 2 fully saturated rings. The fourth-order valence-corrected chi connectivity index (χ4v) is 6.46. The van der Waals surface area contributed by atoms with E-state index < -0.39 is 27.1 Å². The first-order valence-electron chi connectivity index (χ1n) is 13.1. The van der Waals surface area contributed by atoms with E-state index in [2.05, 4.69) is 21.8 Å². The lowest BCUT2D eigenvalue weighted by Gasteiger charge is -2.33. The van der Waals surface area contributed by atoms with Crippen LogP contribution < -0.4 is 9.64 Å². The second kappa shape index (κ2) is 12.0. The maximum absolute atomic E-state index is 14.9. The topological polar surface area (TPSA) is 95.9 Å². The molecule has 0 aliphatic carbocycles. The molecule has 1 atom stereocenters. The molecule has 2 saturated heterocycles. The summed E-state index contributed by atoms with van der Waals surface area (Å²) in [5.41, 5.74) is 0.161. The van der Waals surface area contributed by atoms with Crippen LogP contribution in [0.2, 0.25) is 0 Å². The number of aliphatic hydroxyl groups is 1. The molecule has 0 spiro atoms. The van der Waals surface area contributed by atoms with Crippen molar-refractivity contribution in [2.75, 3.05) is 37.7 Å². The Morgan fingerprint density at radius 1 is 1.03 bits per heavy atom. The summed E-state index contributed by atoms with van der Waals surface area (Å²) in [7, 11) is -3.77. The van der Waals surface area contributed by atoms with Crippen molar-refractivity contribution in [1.29, 1.82) is 0 Å². The van der Waals surface area contributed by atoms with Crippen LogP contribution in [0.1, 0.15) is 63.0 Å². The van der Waals surface area contributed by atoms with Gasteiger partial charge in [0.2, 0.25) is 16.0 Å². The normalized spacial score (nSPS) is 19.2. The van der Waals surface area contributed by atoms with Crippen LogP contribution in [0.5, 0.6) is 5.75 Å². The molecule has 1 aromatic carbocycles. The average Bonchev–Trinajstić information content (AvgIpc) is 2.92. The molecule has 0 amide bonds. The lowest BCUT2D eigenvalue weighted by atomic mass is 9.90. The standard InChI is InChI=1S/C26H36F2N4O4S/c1-3-18-15-29-26(30-16-18)31-9-5-19(6-10-31)17-36-25-22(27)13-21(14-23(25)28)20-7-11-32(12-8-20)37(34,35)24(33)4-2/h13-16,19-20,24,33H,3-12,17H2,1-2H3. The van der Waals surface area contributed by atoms with Crippen molar-refractivity contribution in [2.45, 2.75) is 63.7 Å². The van der Waals surface area contributed by atoms with Gasteiger partial charge in [-0.25, -0.2) is 27.2 Å². The highest BCUT2D eigenvalue weighted by molar-refractivity contribution is 7.89. The Hall–Kier alpha value is -2.37. The van der Waals surface area contributed by atoms with Crippen LogP contribution in [-0.2, 0) is 16.4 Å². The molecule has 2 aliphatic rings. The van der Waals surface area contributed by atoms with Gasteiger partial charge in [-0.15, -0.1) is 0 Å². The molecule has 11 heteroatoms. The van der Waals surface area contributed by atoms with Crippen LogP contribution in [0.3, 0.4) is 0 Å². The second-order valence-electron chi connectivity index (χ2n) is 9.88. The molecule has 1 aromatic heterocycles. The highest BCUT2D eigenvalue weighted by Crippen LogP contribution is 2.34. The number of rotatable bonds is 9. The van der Waals surface area contributed by atoms with Crippen LogP contribution in [-0.4, -0.2) is 66.0 Å². The van der Waals surface area contributed by atoms with Crippen LogP contribution in [0.25, 0.3) is 0 Å². The molecule has 1 unspecified atom stereocenters. The number of nitrogens with zero attached hydrogens (tertiary/aromatic N) is 4. The predicted octanol–water partition coefficient (Wildman–Crippen LogP) is 3.85. The number of aryl methyl sites for hydroxylation is 1. The van der Waals surface area contributed by atoms with Gasteiger partial charge in [0, 0.05) is 38.6 Å². The van der Waals surface area contributed by atoms with E-state index >= 15 is 0 Å². The van der Waals surface area contributed by atoms with Gasteiger partial charge in [-0.1, -0.05) is 13.8 Å². The molecular weight excluding hydrogens is 502 g/mol. The lowest BCUT2D eigenvalue weighted by molar-refractivity contribution is 0.206. The predicted molar refractivity (Wildman–Crippen MR) is 137 cm³/mol. The highest BCUT2D eigenvalue weighted by atomic mass is 32.2. The second-order valence-corrected chi connectivity index (χ2v) is 12.0. The molecule has 1 N–H and O–H groups in total. The van der Waals surface area contributed by atoms with Gasteiger partial charge in [0.15, 0.2) is 22.8 Å². The van der Waals surface area contributed by atoms with Gasteiger partial charge in [-0.3, -0.25) is 0 Å². The van der Waals surface area contributed by atoms with Gasteiger partial charge < -0.3 is 14.7 Å². The Morgan fingerprint density at radius 2 is 1.62 bits per heavy atom. The fraction of sp³-hybridized carbons (Fsp3) is 0.615. The first-order valence-corrected chi connectivity index (χ1v) is 14.6. The van der Waals surface area contributed by atoms with Crippen LogP contribution in [0.15, 0.2) is 24.5 Å². The Kier molecular flexibility index (Phi) is 8.97.